The van der Waals surface area contributed by atoms with Crippen molar-refractivity contribution in [2.45, 2.75) is 19.5 Å². The lowest BCUT2D eigenvalue weighted by Crippen LogP contribution is -2.19. The molecule has 1 N–H and O–H groups in total. The molecule has 0 bridgehead atoms. The van der Waals surface area contributed by atoms with Crippen LogP contribution in [0.3, 0.4) is 0 Å². The van der Waals surface area contributed by atoms with Crippen molar-refractivity contribution in [2.75, 3.05) is 0 Å². The van der Waals surface area contributed by atoms with Gasteiger partial charge in [0.25, 0.3) is 0 Å². The van der Waals surface area contributed by atoms with Gasteiger partial charge in [-0.2, -0.15) is 5.10 Å². The fourth-order valence-electron chi connectivity index (χ4n) is 1.73. The van der Waals surface area contributed by atoms with Gasteiger partial charge < -0.3 is 5.32 Å². The van der Waals surface area contributed by atoms with Crippen LogP contribution in [0.4, 0.5) is 0 Å². The van der Waals surface area contributed by atoms with Crippen LogP contribution in [0, 0.1) is 0 Å². The average Bonchev–Trinajstić information content (AvgIpc) is 2.72. The minimum atomic E-state index is 0.322. The first kappa shape index (κ1) is 12.3. The summed E-state index contributed by atoms with van der Waals surface area (Å²) in [4.78, 5) is 0. The number of nitrogens with zero attached hydrogens (tertiary/aromatic N) is 2. The maximum Gasteiger partial charge on any atom is 0.0518 e. The Hall–Kier alpha value is -1.13. The molecule has 0 aliphatic carbocycles. The third-order valence-electron chi connectivity index (χ3n) is 2.86. The van der Waals surface area contributed by atoms with Gasteiger partial charge >= 0.3 is 0 Å². The molecule has 1 aromatic carbocycles. The van der Waals surface area contributed by atoms with E-state index < -0.39 is 0 Å². The minimum Gasteiger partial charge on any atom is -0.305 e. The Morgan fingerprint density at radius 1 is 1.41 bits per heavy atom. The molecule has 4 heteroatoms. The molecule has 1 heterocycles. The first-order valence-electron chi connectivity index (χ1n) is 5.62. The molecule has 1 aromatic heterocycles. The molecule has 17 heavy (non-hydrogen) atoms. The summed E-state index contributed by atoms with van der Waals surface area (Å²) in [7, 11) is 1.96. The predicted molar refractivity (Wildman–Crippen MR) is 72.6 cm³/mol. The van der Waals surface area contributed by atoms with Crippen LogP contribution in [0.1, 0.15) is 24.2 Å². The Balaban J connectivity index is 1.98. The van der Waals surface area contributed by atoms with Gasteiger partial charge in [-0.05, 0) is 30.7 Å². The van der Waals surface area contributed by atoms with Crippen LogP contribution in [0.15, 0.2) is 41.0 Å². The zero-order valence-electron chi connectivity index (χ0n) is 10.0. The molecule has 0 aliphatic heterocycles. The van der Waals surface area contributed by atoms with Crippen molar-refractivity contribution in [3.63, 3.8) is 0 Å². The van der Waals surface area contributed by atoms with Crippen LogP contribution < -0.4 is 5.32 Å². The number of rotatable bonds is 4. The fourth-order valence-corrected chi connectivity index (χ4v) is 2.14. The second-order valence-electron chi connectivity index (χ2n) is 4.10. The molecule has 3 nitrogen and oxygen atoms in total. The number of nitrogens with one attached hydrogen (secondary N) is 1. The Kier molecular flexibility index (Phi) is 3.97. The van der Waals surface area contributed by atoms with Gasteiger partial charge in [0, 0.05) is 30.3 Å². The molecule has 2 aromatic rings. The molecule has 0 saturated heterocycles. The second kappa shape index (κ2) is 5.47. The van der Waals surface area contributed by atoms with Gasteiger partial charge in [-0.1, -0.05) is 28.1 Å². The van der Waals surface area contributed by atoms with E-state index in [1.165, 1.54) is 11.3 Å². The van der Waals surface area contributed by atoms with Gasteiger partial charge in [-0.3, -0.25) is 4.68 Å². The Morgan fingerprint density at radius 3 is 2.88 bits per heavy atom. The molecule has 0 spiro atoms. The summed E-state index contributed by atoms with van der Waals surface area (Å²) in [6.07, 6.45) is 1.82. The van der Waals surface area contributed by atoms with Crippen LogP contribution in [-0.2, 0) is 13.6 Å². The molecular formula is C13H16BrN3. The van der Waals surface area contributed by atoms with E-state index >= 15 is 0 Å². The highest BCUT2D eigenvalue weighted by molar-refractivity contribution is 9.10. The molecule has 0 radical (unpaired) electrons. The zero-order valence-corrected chi connectivity index (χ0v) is 11.6. The average molecular weight is 294 g/mol. The minimum absolute atomic E-state index is 0.322. The molecular weight excluding hydrogens is 278 g/mol. The quantitative estimate of drug-likeness (QED) is 0.939. The van der Waals surface area contributed by atoms with E-state index in [0.29, 0.717) is 6.04 Å². The van der Waals surface area contributed by atoms with E-state index in [1.807, 2.05) is 30.1 Å². The largest absolute Gasteiger partial charge is 0.305 e. The summed E-state index contributed by atoms with van der Waals surface area (Å²) in [6.45, 7) is 2.99. The number of halogens is 1. The summed E-state index contributed by atoms with van der Waals surface area (Å²) in [5.41, 5.74) is 2.47. The SMILES string of the molecule is C[C@@H](NCc1ccnn1C)c1cccc(Br)c1. The zero-order chi connectivity index (χ0) is 12.3. The van der Waals surface area contributed by atoms with E-state index in [0.717, 1.165) is 11.0 Å². The van der Waals surface area contributed by atoms with Crippen molar-refractivity contribution < 1.29 is 0 Å². The van der Waals surface area contributed by atoms with Gasteiger partial charge in [0.05, 0.1) is 5.69 Å². The van der Waals surface area contributed by atoms with Crippen molar-refractivity contribution in [3.8, 4) is 0 Å². The van der Waals surface area contributed by atoms with E-state index in [1.54, 1.807) is 0 Å². The smallest absolute Gasteiger partial charge is 0.0518 e. The maximum atomic E-state index is 4.15. The van der Waals surface area contributed by atoms with E-state index in [9.17, 15) is 0 Å². The number of benzene rings is 1. The van der Waals surface area contributed by atoms with Crippen LogP contribution in [0.5, 0.6) is 0 Å². The van der Waals surface area contributed by atoms with E-state index in [2.05, 4.69) is 51.5 Å². The Bertz CT molecular complexity index is 493. The lowest BCUT2D eigenvalue weighted by molar-refractivity contribution is 0.548. The molecule has 2 rings (SSSR count). The lowest BCUT2D eigenvalue weighted by atomic mass is 10.1. The van der Waals surface area contributed by atoms with Crippen molar-refractivity contribution in [3.05, 3.63) is 52.3 Å². The van der Waals surface area contributed by atoms with Crippen molar-refractivity contribution in [2.24, 2.45) is 7.05 Å². The van der Waals surface area contributed by atoms with Crippen LogP contribution in [0.25, 0.3) is 0 Å². The maximum absolute atomic E-state index is 4.15. The molecule has 0 saturated carbocycles. The molecule has 0 amide bonds. The third-order valence-corrected chi connectivity index (χ3v) is 3.35. The summed E-state index contributed by atoms with van der Waals surface area (Å²) >= 11 is 3.49. The Labute approximate surface area is 110 Å². The highest BCUT2D eigenvalue weighted by Gasteiger charge is 2.06. The van der Waals surface area contributed by atoms with Crippen molar-refractivity contribution in [1.82, 2.24) is 15.1 Å². The summed E-state index contributed by atoms with van der Waals surface area (Å²) < 4.78 is 3.00. The topological polar surface area (TPSA) is 29.9 Å². The van der Waals surface area contributed by atoms with Gasteiger partial charge in [-0.15, -0.1) is 0 Å². The highest BCUT2D eigenvalue weighted by atomic mass is 79.9. The van der Waals surface area contributed by atoms with E-state index in [4.69, 9.17) is 0 Å². The molecule has 90 valence electrons. The van der Waals surface area contributed by atoms with Gasteiger partial charge in [0.1, 0.15) is 0 Å². The molecule has 0 fully saturated rings. The first-order valence-corrected chi connectivity index (χ1v) is 6.42. The highest BCUT2D eigenvalue weighted by Crippen LogP contribution is 2.18. The normalized spacial score (nSPS) is 12.6. The fraction of sp³-hybridized carbons (Fsp3) is 0.308. The molecule has 0 unspecified atom stereocenters. The lowest BCUT2D eigenvalue weighted by Gasteiger charge is -2.14. The van der Waals surface area contributed by atoms with Crippen molar-refractivity contribution in [1.29, 1.82) is 0 Å². The standard InChI is InChI=1S/C13H16BrN3/c1-10(11-4-3-5-12(14)8-11)15-9-13-6-7-16-17(13)2/h3-8,10,15H,9H2,1-2H3/t10-/m1/s1. The summed E-state index contributed by atoms with van der Waals surface area (Å²) in [5.74, 6) is 0. The van der Waals surface area contributed by atoms with Gasteiger partial charge in [0.2, 0.25) is 0 Å². The molecule has 1 atom stereocenters. The van der Waals surface area contributed by atoms with Crippen LogP contribution in [-0.4, -0.2) is 9.78 Å². The summed E-state index contributed by atoms with van der Waals surface area (Å²) in [6, 6.07) is 10.7. The van der Waals surface area contributed by atoms with Gasteiger partial charge in [0.15, 0.2) is 0 Å². The number of hydrogen-bond acceptors (Lipinski definition) is 2. The first-order chi connectivity index (χ1) is 8.16. The Morgan fingerprint density at radius 2 is 2.24 bits per heavy atom. The monoisotopic (exact) mass is 293 g/mol. The molecule has 0 aliphatic rings. The number of aryl methyl sites for hydroxylation is 1. The van der Waals surface area contributed by atoms with E-state index in [-0.39, 0.29) is 0 Å². The number of aromatic nitrogens is 2. The predicted octanol–water partition coefficient (Wildman–Crippen LogP) is 3.03. The number of hydrogen-bond donors (Lipinski definition) is 1. The van der Waals surface area contributed by atoms with Crippen molar-refractivity contribution >= 4 is 15.9 Å². The van der Waals surface area contributed by atoms with Crippen LogP contribution in [0.2, 0.25) is 0 Å². The second-order valence-corrected chi connectivity index (χ2v) is 5.02. The summed E-state index contributed by atoms with van der Waals surface area (Å²) in [5, 5.41) is 7.64. The third kappa shape index (κ3) is 3.17. The van der Waals surface area contributed by atoms with Gasteiger partial charge in [-0.25, -0.2) is 0 Å². The van der Waals surface area contributed by atoms with Crippen LogP contribution >= 0.6 is 15.9 Å².